The van der Waals surface area contributed by atoms with E-state index in [0.717, 1.165) is 0 Å². The van der Waals surface area contributed by atoms with E-state index < -0.39 is 10.0 Å². The molecule has 0 amide bonds. The van der Waals surface area contributed by atoms with Gasteiger partial charge in [0, 0.05) is 18.4 Å². The predicted molar refractivity (Wildman–Crippen MR) is 55.1 cm³/mol. The lowest BCUT2D eigenvalue weighted by molar-refractivity contribution is 0.448. The van der Waals surface area contributed by atoms with Crippen molar-refractivity contribution >= 4 is 26.0 Å². The third kappa shape index (κ3) is 3.87. The highest BCUT2D eigenvalue weighted by Crippen LogP contribution is 2.03. The monoisotopic (exact) mass is 257 g/mol. The molecule has 0 aromatic carbocycles. The average Bonchev–Trinajstić information content (AvgIpc) is 1.99. The molecule has 3 nitrogen and oxygen atoms in total. The smallest absolute Gasteiger partial charge is 0.212 e. The summed E-state index contributed by atoms with van der Waals surface area (Å²) in [5.41, 5.74) is 0. The molecule has 0 aromatic heterocycles. The van der Waals surface area contributed by atoms with Crippen molar-refractivity contribution < 1.29 is 8.42 Å². The Labute approximate surface area is 83.3 Å². The lowest BCUT2D eigenvalue weighted by atomic mass is 10.6. The van der Waals surface area contributed by atoms with Gasteiger partial charge in [-0.2, -0.15) is 0 Å². The maximum atomic E-state index is 11.5. The molecule has 0 spiro atoms. The molecule has 0 unspecified atom stereocenters. The highest BCUT2D eigenvalue weighted by Gasteiger charge is 2.17. The summed E-state index contributed by atoms with van der Waals surface area (Å²) in [5.74, 6) is 0.258. The summed E-state index contributed by atoms with van der Waals surface area (Å²) in [6.45, 7) is 4.86. The molecule has 0 aliphatic rings. The standard InChI is InChI=1S/C7H16BrNO2S/c1-3-7-12(10,11)9(4-2)6-5-8/h3-7H2,1-2H3. The fraction of sp³-hybridized carbons (Fsp3) is 1.00. The largest absolute Gasteiger partial charge is 0.214 e. The molecular weight excluding hydrogens is 242 g/mol. The Bertz CT molecular complexity index is 203. The topological polar surface area (TPSA) is 37.4 Å². The van der Waals surface area contributed by atoms with Crippen molar-refractivity contribution in [3.63, 3.8) is 0 Å². The van der Waals surface area contributed by atoms with Crippen molar-refractivity contribution in [1.82, 2.24) is 4.31 Å². The molecule has 5 heteroatoms. The van der Waals surface area contributed by atoms with E-state index >= 15 is 0 Å². The van der Waals surface area contributed by atoms with Crippen LogP contribution in [0.15, 0.2) is 0 Å². The van der Waals surface area contributed by atoms with Crippen LogP contribution in [0.2, 0.25) is 0 Å². The molecule has 0 saturated heterocycles. The summed E-state index contributed by atoms with van der Waals surface area (Å²) in [6, 6.07) is 0. The first-order valence-corrected chi connectivity index (χ1v) is 6.85. The van der Waals surface area contributed by atoms with Gasteiger partial charge in [0.15, 0.2) is 0 Å². The molecule has 0 fully saturated rings. The van der Waals surface area contributed by atoms with Crippen molar-refractivity contribution in [3.05, 3.63) is 0 Å². The quantitative estimate of drug-likeness (QED) is 0.676. The molecule has 0 radical (unpaired) electrons. The Morgan fingerprint density at radius 1 is 1.33 bits per heavy atom. The number of sulfonamides is 1. The van der Waals surface area contributed by atoms with Gasteiger partial charge in [-0.1, -0.05) is 29.8 Å². The van der Waals surface area contributed by atoms with Crippen LogP contribution in [0.25, 0.3) is 0 Å². The van der Waals surface area contributed by atoms with Crippen LogP contribution < -0.4 is 0 Å². The van der Waals surface area contributed by atoms with Crippen LogP contribution in [0, 0.1) is 0 Å². The molecule has 0 aliphatic carbocycles. The average molecular weight is 258 g/mol. The van der Waals surface area contributed by atoms with E-state index in [1.807, 2.05) is 13.8 Å². The minimum absolute atomic E-state index is 0.258. The van der Waals surface area contributed by atoms with Gasteiger partial charge in [0.25, 0.3) is 0 Å². The number of halogens is 1. The maximum Gasteiger partial charge on any atom is 0.214 e. The molecular formula is C7H16BrNO2S. The van der Waals surface area contributed by atoms with Crippen LogP contribution >= 0.6 is 15.9 Å². The maximum absolute atomic E-state index is 11.5. The molecule has 0 rings (SSSR count). The van der Waals surface area contributed by atoms with E-state index in [0.29, 0.717) is 24.8 Å². The van der Waals surface area contributed by atoms with Crippen molar-refractivity contribution in [3.8, 4) is 0 Å². The zero-order chi connectivity index (χ0) is 9.61. The van der Waals surface area contributed by atoms with Crippen LogP contribution in [-0.2, 0) is 10.0 Å². The Hall–Kier alpha value is 0.390. The second kappa shape index (κ2) is 5.94. The first-order chi connectivity index (χ1) is 5.58. The Morgan fingerprint density at radius 2 is 1.92 bits per heavy atom. The first-order valence-electron chi connectivity index (χ1n) is 4.12. The second-order valence-electron chi connectivity index (χ2n) is 2.50. The zero-order valence-corrected chi connectivity index (χ0v) is 9.99. The van der Waals surface area contributed by atoms with Crippen molar-refractivity contribution in [2.24, 2.45) is 0 Å². The molecule has 0 N–H and O–H groups in total. The SMILES string of the molecule is CCCS(=O)(=O)N(CC)CCBr. The normalized spacial score (nSPS) is 12.3. The molecule has 0 aliphatic heterocycles. The summed E-state index contributed by atoms with van der Waals surface area (Å²) in [5, 5.41) is 0.698. The fourth-order valence-electron chi connectivity index (χ4n) is 0.975. The second-order valence-corrected chi connectivity index (χ2v) is 5.38. The molecule has 12 heavy (non-hydrogen) atoms. The molecule has 0 atom stereocenters. The number of hydrogen-bond acceptors (Lipinski definition) is 2. The highest BCUT2D eigenvalue weighted by atomic mass is 79.9. The third-order valence-electron chi connectivity index (χ3n) is 1.54. The van der Waals surface area contributed by atoms with E-state index in [2.05, 4.69) is 15.9 Å². The summed E-state index contributed by atoms with van der Waals surface area (Å²) >= 11 is 3.23. The van der Waals surface area contributed by atoms with Gasteiger partial charge in [0.05, 0.1) is 5.75 Å². The number of nitrogens with zero attached hydrogens (tertiary/aromatic N) is 1. The summed E-state index contributed by atoms with van der Waals surface area (Å²) in [7, 11) is -2.98. The Morgan fingerprint density at radius 3 is 2.25 bits per heavy atom. The minimum atomic E-state index is -2.98. The first kappa shape index (κ1) is 12.4. The van der Waals surface area contributed by atoms with Gasteiger partial charge >= 0.3 is 0 Å². The van der Waals surface area contributed by atoms with Gasteiger partial charge in [-0.25, -0.2) is 12.7 Å². The summed E-state index contributed by atoms with van der Waals surface area (Å²) in [4.78, 5) is 0. The summed E-state index contributed by atoms with van der Waals surface area (Å²) < 4.78 is 24.4. The summed E-state index contributed by atoms with van der Waals surface area (Å²) in [6.07, 6.45) is 0.682. The van der Waals surface area contributed by atoms with Crippen molar-refractivity contribution in [1.29, 1.82) is 0 Å². The molecule has 0 saturated carbocycles. The lowest BCUT2D eigenvalue weighted by Gasteiger charge is -2.18. The van der Waals surface area contributed by atoms with Gasteiger partial charge in [0.1, 0.15) is 0 Å². The van der Waals surface area contributed by atoms with Gasteiger partial charge in [0.2, 0.25) is 10.0 Å². The fourth-order valence-corrected chi connectivity index (χ4v) is 3.18. The zero-order valence-electron chi connectivity index (χ0n) is 7.59. The Kier molecular flexibility index (Phi) is 6.13. The van der Waals surface area contributed by atoms with E-state index in [1.165, 1.54) is 4.31 Å². The molecule has 0 bridgehead atoms. The Balaban J connectivity index is 4.27. The van der Waals surface area contributed by atoms with Crippen LogP contribution in [0.3, 0.4) is 0 Å². The van der Waals surface area contributed by atoms with Crippen LogP contribution in [0.5, 0.6) is 0 Å². The van der Waals surface area contributed by atoms with E-state index in [4.69, 9.17) is 0 Å². The minimum Gasteiger partial charge on any atom is -0.212 e. The third-order valence-corrected chi connectivity index (χ3v) is 4.05. The van der Waals surface area contributed by atoms with Crippen LogP contribution in [-0.4, -0.2) is 36.9 Å². The van der Waals surface area contributed by atoms with Crippen molar-refractivity contribution in [2.45, 2.75) is 20.3 Å². The highest BCUT2D eigenvalue weighted by molar-refractivity contribution is 9.09. The van der Waals surface area contributed by atoms with Gasteiger partial charge in [-0.3, -0.25) is 0 Å². The molecule has 74 valence electrons. The van der Waals surface area contributed by atoms with Crippen LogP contribution in [0.4, 0.5) is 0 Å². The predicted octanol–water partition coefficient (Wildman–Crippen LogP) is 1.44. The van der Waals surface area contributed by atoms with Crippen molar-refractivity contribution in [2.75, 3.05) is 24.2 Å². The molecule has 0 heterocycles. The number of alkyl halides is 1. The van der Waals surface area contributed by atoms with Gasteiger partial charge < -0.3 is 0 Å². The van der Waals surface area contributed by atoms with E-state index in [1.54, 1.807) is 0 Å². The van der Waals surface area contributed by atoms with Gasteiger partial charge in [-0.15, -0.1) is 0 Å². The lowest BCUT2D eigenvalue weighted by Crippen LogP contribution is -2.34. The number of hydrogen-bond donors (Lipinski definition) is 0. The van der Waals surface area contributed by atoms with E-state index in [-0.39, 0.29) is 5.75 Å². The van der Waals surface area contributed by atoms with Gasteiger partial charge in [-0.05, 0) is 6.42 Å². The number of rotatable bonds is 6. The van der Waals surface area contributed by atoms with E-state index in [9.17, 15) is 8.42 Å². The molecule has 0 aromatic rings. The van der Waals surface area contributed by atoms with Crippen LogP contribution in [0.1, 0.15) is 20.3 Å².